The maximum absolute atomic E-state index is 13.3. The molecule has 2 atom stereocenters. The van der Waals surface area contributed by atoms with Crippen molar-refractivity contribution in [2.24, 2.45) is 5.73 Å². The molecular formula is C22H25N7O4. The second kappa shape index (κ2) is 8.49. The van der Waals surface area contributed by atoms with E-state index in [0.717, 1.165) is 42.2 Å². The molecule has 33 heavy (non-hydrogen) atoms. The monoisotopic (exact) mass is 451 g/mol. The van der Waals surface area contributed by atoms with Crippen LogP contribution in [0.25, 0.3) is 0 Å². The Morgan fingerprint density at radius 2 is 1.97 bits per heavy atom. The first kappa shape index (κ1) is 21.4. The SMILES string of the molecule is NCc1nc(C2CCCN(Cc3cccc4c3C(=O)N(C3CCC(=O)NC3=O)C4=O)C2)n[nH]1. The van der Waals surface area contributed by atoms with Gasteiger partial charge in [-0.2, -0.15) is 5.10 Å². The predicted octanol–water partition coefficient (Wildman–Crippen LogP) is 0.0442. The van der Waals surface area contributed by atoms with E-state index in [1.807, 2.05) is 6.07 Å². The van der Waals surface area contributed by atoms with E-state index in [0.29, 0.717) is 30.0 Å². The van der Waals surface area contributed by atoms with Gasteiger partial charge < -0.3 is 5.73 Å². The molecule has 0 radical (unpaired) electrons. The van der Waals surface area contributed by atoms with Gasteiger partial charge in [-0.05, 0) is 37.4 Å². The molecule has 3 aliphatic rings. The molecule has 2 unspecified atom stereocenters. The van der Waals surface area contributed by atoms with E-state index in [1.165, 1.54) is 0 Å². The Morgan fingerprint density at radius 3 is 2.73 bits per heavy atom. The maximum atomic E-state index is 13.3. The van der Waals surface area contributed by atoms with Crippen LogP contribution in [0.1, 0.15) is 69.5 Å². The van der Waals surface area contributed by atoms with Crippen molar-refractivity contribution < 1.29 is 19.2 Å². The number of rotatable bonds is 5. The highest BCUT2D eigenvalue weighted by Gasteiger charge is 2.45. The highest BCUT2D eigenvalue weighted by molar-refractivity contribution is 6.24. The first-order valence-electron chi connectivity index (χ1n) is 11.1. The molecule has 2 aromatic rings. The number of amides is 4. The van der Waals surface area contributed by atoms with Gasteiger partial charge in [0.05, 0.1) is 17.7 Å². The molecule has 2 fully saturated rings. The number of imide groups is 2. The van der Waals surface area contributed by atoms with Gasteiger partial charge in [0.1, 0.15) is 11.9 Å². The smallest absolute Gasteiger partial charge is 0.262 e. The standard InChI is InChI=1S/C22H25N7O4/c23-9-16-24-19(27-26-16)13-4-2-8-28(11-13)10-12-3-1-5-14-18(12)22(33)29(21(14)32)15-6-7-17(30)25-20(15)31/h1,3,5,13,15H,2,4,6-11,23H2,(H,24,26,27)(H,25,30,31). The van der Waals surface area contributed by atoms with Gasteiger partial charge in [-0.1, -0.05) is 12.1 Å². The summed E-state index contributed by atoms with van der Waals surface area (Å²) in [5.74, 6) is -0.408. The fourth-order valence-electron chi connectivity index (χ4n) is 4.95. The topological polar surface area (TPSA) is 154 Å². The van der Waals surface area contributed by atoms with Crippen molar-refractivity contribution in [3.05, 3.63) is 46.5 Å². The molecule has 0 spiro atoms. The molecular weight excluding hydrogens is 426 g/mol. The molecule has 1 aromatic carbocycles. The Balaban J connectivity index is 1.36. The first-order chi connectivity index (χ1) is 16.0. The molecule has 0 saturated carbocycles. The van der Waals surface area contributed by atoms with Crippen LogP contribution >= 0.6 is 0 Å². The minimum absolute atomic E-state index is 0.0962. The quantitative estimate of drug-likeness (QED) is 0.539. The number of aromatic nitrogens is 3. The third-order valence-electron chi connectivity index (χ3n) is 6.56. The van der Waals surface area contributed by atoms with E-state index in [1.54, 1.807) is 12.1 Å². The van der Waals surface area contributed by atoms with Crippen molar-refractivity contribution in [1.82, 2.24) is 30.3 Å². The summed E-state index contributed by atoms with van der Waals surface area (Å²) < 4.78 is 0. The fourth-order valence-corrected chi connectivity index (χ4v) is 4.95. The maximum Gasteiger partial charge on any atom is 0.262 e. The van der Waals surface area contributed by atoms with E-state index < -0.39 is 29.7 Å². The van der Waals surface area contributed by atoms with Crippen LogP contribution < -0.4 is 11.1 Å². The molecule has 2 saturated heterocycles. The van der Waals surface area contributed by atoms with Gasteiger partial charge in [-0.15, -0.1) is 0 Å². The van der Waals surface area contributed by atoms with Gasteiger partial charge in [-0.25, -0.2) is 4.98 Å². The highest BCUT2D eigenvalue weighted by atomic mass is 16.2. The Labute approximate surface area is 189 Å². The Hall–Kier alpha value is -3.44. The summed E-state index contributed by atoms with van der Waals surface area (Å²) in [7, 11) is 0. The molecule has 4 heterocycles. The number of piperidine rings is 2. The fraction of sp³-hybridized carbons (Fsp3) is 0.455. The Bertz CT molecular complexity index is 1140. The number of hydrogen-bond donors (Lipinski definition) is 3. The molecule has 11 heteroatoms. The largest absolute Gasteiger partial charge is 0.324 e. The number of nitrogens with one attached hydrogen (secondary N) is 2. The summed E-state index contributed by atoms with van der Waals surface area (Å²) in [6, 6.07) is 4.26. The van der Waals surface area contributed by atoms with Gasteiger partial charge in [0.25, 0.3) is 11.8 Å². The number of nitrogens with zero attached hydrogens (tertiary/aromatic N) is 4. The van der Waals surface area contributed by atoms with Gasteiger partial charge >= 0.3 is 0 Å². The summed E-state index contributed by atoms with van der Waals surface area (Å²) in [4.78, 5) is 57.9. The van der Waals surface area contributed by atoms with Crippen LogP contribution in [0.2, 0.25) is 0 Å². The number of carbonyl (C=O) groups is 4. The number of likely N-dealkylation sites (tertiary alicyclic amines) is 1. The molecule has 3 aliphatic heterocycles. The minimum atomic E-state index is -0.968. The number of hydrogen-bond acceptors (Lipinski definition) is 8. The molecule has 4 N–H and O–H groups in total. The minimum Gasteiger partial charge on any atom is -0.324 e. The highest BCUT2D eigenvalue weighted by Crippen LogP contribution is 2.32. The number of aromatic amines is 1. The van der Waals surface area contributed by atoms with Crippen molar-refractivity contribution in [3.63, 3.8) is 0 Å². The summed E-state index contributed by atoms with van der Waals surface area (Å²) in [6.45, 7) is 2.38. The second-order valence-electron chi connectivity index (χ2n) is 8.71. The van der Waals surface area contributed by atoms with Crippen molar-refractivity contribution in [1.29, 1.82) is 0 Å². The normalized spacial score (nSPS) is 23.7. The van der Waals surface area contributed by atoms with Gasteiger partial charge in [-0.3, -0.25) is 39.4 Å². The summed E-state index contributed by atoms with van der Waals surface area (Å²) in [5.41, 5.74) is 7.03. The van der Waals surface area contributed by atoms with Crippen molar-refractivity contribution in [3.8, 4) is 0 Å². The van der Waals surface area contributed by atoms with E-state index in [-0.39, 0.29) is 18.8 Å². The third kappa shape index (κ3) is 3.83. The van der Waals surface area contributed by atoms with Crippen LogP contribution in [0.4, 0.5) is 0 Å². The second-order valence-corrected chi connectivity index (χ2v) is 8.71. The van der Waals surface area contributed by atoms with E-state index in [2.05, 4.69) is 25.4 Å². The number of fused-ring (bicyclic) bond motifs is 1. The number of carbonyl (C=O) groups excluding carboxylic acids is 4. The lowest BCUT2D eigenvalue weighted by Gasteiger charge is -2.31. The number of nitrogens with two attached hydrogens (primary N) is 1. The molecule has 0 aliphatic carbocycles. The van der Waals surface area contributed by atoms with Crippen LogP contribution in [0.5, 0.6) is 0 Å². The van der Waals surface area contributed by atoms with Gasteiger partial charge in [0.15, 0.2) is 5.82 Å². The zero-order valence-electron chi connectivity index (χ0n) is 18.0. The molecule has 1 aromatic heterocycles. The zero-order valence-corrected chi connectivity index (χ0v) is 18.0. The molecule has 4 amide bonds. The average Bonchev–Trinajstić information content (AvgIpc) is 3.39. The van der Waals surface area contributed by atoms with Crippen LogP contribution in [0.15, 0.2) is 18.2 Å². The Kier molecular flexibility index (Phi) is 5.51. The average molecular weight is 451 g/mol. The van der Waals surface area contributed by atoms with Crippen LogP contribution in [0.3, 0.4) is 0 Å². The summed E-state index contributed by atoms with van der Waals surface area (Å²) in [6.07, 6.45) is 2.16. The predicted molar refractivity (Wildman–Crippen MR) is 115 cm³/mol. The van der Waals surface area contributed by atoms with Crippen LogP contribution in [-0.2, 0) is 22.7 Å². The van der Waals surface area contributed by atoms with Crippen molar-refractivity contribution >= 4 is 23.6 Å². The third-order valence-corrected chi connectivity index (χ3v) is 6.56. The molecule has 5 rings (SSSR count). The molecule has 172 valence electrons. The molecule has 0 bridgehead atoms. The van der Waals surface area contributed by atoms with E-state index in [4.69, 9.17) is 5.73 Å². The lowest BCUT2D eigenvalue weighted by molar-refractivity contribution is -0.136. The lowest BCUT2D eigenvalue weighted by Crippen LogP contribution is -2.54. The van der Waals surface area contributed by atoms with E-state index >= 15 is 0 Å². The Morgan fingerprint density at radius 1 is 1.12 bits per heavy atom. The summed E-state index contributed by atoms with van der Waals surface area (Å²) >= 11 is 0. The lowest BCUT2D eigenvalue weighted by atomic mass is 9.96. The van der Waals surface area contributed by atoms with Gasteiger partial charge in [0.2, 0.25) is 11.8 Å². The van der Waals surface area contributed by atoms with Crippen LogP contribution in [-0.4, -0.2) is 67.7 Å². The number of H-pyrrole nitrogens is 1. The molecule has 11 nitrogen and oxygen atoms in total. The van der Waals surface area contributed by atoms with Crippen molar-refractivity contribution in [2.45, 2.75) is 50.7 Å². The van der Waals surface area contributed by atoms with E-state index in [9.17, 15) is 19.2 Å². The van der Waals surface area contributed by atoms with Gasteiger partial charge in [0, 0.05) is 25.4 Å². The first-order valence-corrected chi connectivity index (χ1v) is 11.1. The number of benzene rings is 1. The van der Waals surface area contributed by atoms with Crippen LogP contribution in [0, 0.1) is 0 Å². The zero-order chi connectivity index (χ0) is 23.1. The van der Waals surface area contributed by atoms with Crippen molar-refractivity contribution in [2.75, 3.05) is 13.1 Å². The summed E-state index contributed by atoms with van der Waals surface area (Å²) in [5, 5.41) is 9.38.